The van der Waals surface area contributed by atoms with E-state index in [4.69, 9.17) is 11.1 Å². The highest BCUT2D eigenvalue weighted by Gasteiger charge is 2.34. The summed E-state index contributed by atoms with van der Waals surface area (Å²) in [5, 5.41) is 27.2. The molecule has 1 fully saturated rings. The molecule has 0 heterocycles. The van der Waals surface area contributed by atoms with Gasteiger partial charge >= 0.3 is 0 Å². The number of amides is 1. The fourth-order valence-electron chi connectivity index (χ4n) is 3.99. The number of benzene rings is 2. The number of anilines is 1. The zero-order valence-corrected chi connectivity index (χ0v) is 18.4. The van der Waals surface area contributed by atoms with Crippen molar-refractivity contribution in [3.05, 3.63) is 77.8 Å². The van der Waals surface area contributed by atoms with Crippen molar-refractivity contribution in [2.75, 3.05) is 5.32 Å². The molecule has 3 rings (SSSR count). The second-order valence-corrected chi connectivity index (χ2v) is 8.33. The molecule has 1 aliphatic rings. The molecule has 0 spiro atoms. The van der Waals surface area contributed by atoms with Crippen molar-refractivity contribution in [2.24, 2.45) is 5.73 Å². The number of nitrogens with two attached hydrogens (primary N) is 1. The van der Waals surface area contributed by atoms with Crippen molar-refractivity contribution in [3.8, 4) is 6.07 Å². The molecule has 2 aromatic rings. The number of carbonyl (C=O) groups is 1. The third-order valence-corrected chi connectivity index (χ3v) is 5.97. The van der Waals surface area contributed by atoms with E-state index < -0.39 is 17.3 Å². The van der Waals surface area contributed by atoms with Gasteiger partial charge in [0.25, 0.3) is 5.91 Å². The minimum absolute atomic E-state index is 0.0408. The van der Waals surface area contributed by atoms with E-state index in [9.17, 15) is 14.4 Å². The highest BCUT2D eigenvalue weighted by Crippen LogP contribution is 2.31. The number of nitrogens with zero attached hydrogens (tertiary/aromatic N) is 1. The normalized spacial score (nSPS) is 20.5. The van der Waals surface area contributed by atoms with Crippen LogP contribution in [0.1, 0.15) is 37.7 Å². The van der Waals surface area contributed by atoms with E-state index >= 15 is 0 Å². The van der Waals surface area contributed by atoms with E-state index in [1.165, 1.54) is 36.0 Å². The third-order valence-electron chi connectivity index (χ3n) is 5.97. The lowest BCUT2D eigenvalue weighted by molar-refractivity contribution is -0.114. The Morgan fingerprint density at radius 1 is 1.18 bits per heavy atom. The van der Waals surface area contributed by atoms with Gasteiger partial charge in [-0.1, -0.05) is 30.3 Å². The molecule has 7 nitrogen and oxygen atoms in total. The van der Waals surface area contributed by atoms with E-state index in [-0.39, 0.29) is 17.8 Å². The van der Waals surface area contributed by atoms with E-state index in [0.29, 0.717) is 11.7 Å². The van der Waals surface area contributed by atoms with Gasteiger partial charge in [-0.2, -0.15) is 5.26 Å². The number of carbonyl (C=O) groups excluding carboxylic acids is 1. The zero-order valence-electron chi connectivity index (χ0n) is 18.4. The predicted octanol–water partition coefficient (Wildman–Crippen LogP) is 3.56. The lowest BCUT2D eigenvalue weighted by atomic mass is 9.77. The van der Waals surface area contributed by atoms with Gasteiger partial charge in [0.1, 0.15) is 11.7 Å². The maximum atomic E-state index is 13.1. The number of hydrogen-bond acceptors (Lipinski definition) is 5. The molecule has 0 bridgehead atoms. The quantitative estimate of drug-likeness (QED) is 0.228. The number of hydrogen-bond donors (Lipinski definition) is 5. The maximum Gasteiger partial charge on any atom is 0.253 e. The van der Waals surface area contributed by atoms with E-state index in [1.807, 2.05) is 18.2 Å². The average Bonchev–Trinajstić information content (AvgIpc) is 2.81. The zero-order chi connectivity index (χ0) is 23.7. The lowest BCUT2D eigenvalue weighted by Gasteiger charge is -2.39. The molecule has 2 aromatic carbocycles. The van der Waals surface area contributed by atoms with Gasteiger partial charge in [0.2, 0.25) is 0 Å². The molecular weight excluding hydrogens is 419 g/mol. The van der Waals surface area contributed by atoms with Gasteiger partial charge < -0.3 is 21.7 Å². The first-order chi connectivity index (χ1) is 15.9. The van der Waals surface area contributed by atoms with Gasteiger partial charge in [0.05, 0.1) is 18.1 Å². The lowest BCUT2D eigenvalue weighted by Crippen LogP contribution is -2.49. The number of primary amides is 1. The summed E-state index contributed by atoms with van der Waals surface area (Å²) in [7, 11) is 0. The molecule has 0 aromatic heterocycles. The Hall–Kier alpha value is -3.70. The van der Waals surface area contributed by atoms with Gasteiger partial charge in [-0.05, 0) is 55.5 Å². The smallest absolute Gasteiger partial charge is 0.253 e. The molecule has 0 unspecified atom stereocenters. The van der Waals surface area contributed by atoms with Crippen LogP contribution in [0.25, 0.3) is 0 Å². The summed E-state index contributed by atoms with van der Waals surface area (Å²) in [5.74, 6) is -1.37. The van der Waals surface area contributed by atoms with Gasteiger partial charge in [0.15, 0.2) is 0 Å². The van der Waals surface area contributed by atoms with Gasteiger partial charge in [0, 0.05) is 30.0 Å². The molecular formula is C25H29FN6O. The van der Waals surface area contributed by atoms with Crippen LogP contribution < -0.4 is 21.7 Å². The van der Waals surface area contributed by atoms with Crippen molar-refractivity contribution in [1.82, 2.24) is 10.6 Å². The highest BCUT2D eigenvalue weighted by atomic mass is 19.1. The summed E-state index contributed by atoms with van der Waals surface area (Å²) < 4.78 is 13.1. The van der Waals surface area contributed by atoms with Crippen molar-refractivity contribution in [2.45, 2.75) is 50.2 Å². The molecule has 6 N–H and O–H groups in total. The van der Waals surface area contributed by atoms with Crippen LogP contribution in [0, 0.1) is 22.6 Å². The van der Waals surface area contributed by atoms with Gasteiger partial charge in [-0.3, -0.25) is 10.2 Å². The minimum atomic E-state index is -0.771. The van der Waals surface area contributed by atoms with Crippen LogP contribution in [0.2, 0.25) is 0 Å². The fraction of sp³-hybridized carbons (Fsp3) is 0.320. The number of halogens is 1. The number of nitriles is 1. The second kappa shape index (κ2) is 11.2. The first-order valence-corrected chi connectivity index (χ1v) is 10.9. The van der Waals surface area contributed by atoms with E-state index in [1.54, 1.807) is 0 Å². The van der Waals surface area contributed by atoms with Crippen LogP contribution in [0.5, 0.6) is 0 Å². The minimum Gasteiger partial charge on any atom is -0.384 e. The first-order valence-electron chi connectivity index (χ1n) is 10.9. The Bertz CT molecular complexity index is 1020. The summed E-state index contributed by atoms with van der Waals surface area (Å²) in [6, 6.07) is 18.2. The molecule has 33 heavy (non-hydrogen) atoms. The highest BCUT2D eigenvalue weighted by molar-refractivity contribution is 6.23. The Balaban J connectivity index is 1.62. The molecule has 0 atom stereocenters. The van der Waals surface area contributed by atoms with Crippen LogP contribution in [0.4, 0.5) is 10.1 Å². The molecule has 0 aliphatic heterocycles. The van der Waals surface area contributed by atoms with Crippen molar-refractivity contribution in [1.29, 1.82) is 10.7 Å². The SMILES string of the molecule is N#CCC1(N/C=C(\C(=N)Nc2ccc(F)cc2)C(N)=O)CCC(NCc2ccccc2)CC1. The van der Waals surface area contributed by atoms with Crippen LogP contribution in [0.15, 0.2) is 66.4 Å². The standard InChI is InChI=1S/C25H29FN6O/c26-19-6-8-21(9-7-19)32-23(28)22(24(29)33)17-31-25(14-15-27)12-10-20(11-13-25)30-16-18-4-2-1-3-5-18/h1-9,17,20,30-31H,10-14,16H2,(H2,28,32)(H2,29,33)/b22-17+. The molecule has 8 heteroatoms. The summed E-state index contributed by atoms with van der Waals surface area (Å²) in [4.78, 5) is 12.0. The first kappa shape index (κ1) is 24.0. The van der Waals surface area contributed by atoms with Crippen LogP contribution in [-0.4, -0.2) is 23.3 Å². The Morgan fingerprint density at radius 2 is 1.85 bits per heavy atom. The van der Waals surface area contributed by atoms with Gasteiger partial charge in [-0.15, -0.1) is 0 Å². The maximum absolute atomic E-state index is 13.1. The summed E-state index contributed by atoms with van der Waals surface area (Å²) in [6.45, 7) is 0.794. The molecule has 172 valence electrons. The summed E-state index contributed by atoms with van der Waals surface area (Å²) in [5.41, 5.74) is 6.66. The molecule has 1 aliphatic carbocycles. The fourth-order valence-corrected chi connectivity index (χ4v) is 3.99. The third kappa shape index (κ3) is 6.89. The van der Waals surface area contributed by atoms with Gasteiger partial charge in [-0.25, -0.2) is 4.39 Å². The number of amidine groups is 1. The monoisotopic (exact) mass is 448 g/mol. The topological polar surface area (TPSA) is 127 Å². The summed E-state index contributed by atoms with van der Waals surface area (Å²) >= 11 is 0. The molecule has 0 radical (unpaired) electrons. The Labute approximate surface area is 193 Å². The molecule has 1 amide bonds. The Morgan fingerprint density at radius 3 is 2.45 bits per heavy atom. The Kier molecular flexibility index (Phi) is 8.17. The summed E-state index contributed by atoms with van der Waals surface area (Å²) in [6.07, 6.45) is 4.96. The van der Waals surface area contributed by atoms with Crippen LogP contribution in [-0.2, 0) is 11.3 Å². The van der Waals surface area contributed by atoms with E-state index in [2.05, 4.69) is 34.2 Å². The van der Waals surface area contributed by atoms with Crippen molar-refractivity contribution >= 4 is 17.4 Å². The predicted molar refractivity (Wildman–Crippen MR) is 127 cm³/mol. The van der Waals surface area contributed by atoms with Crippen molar-refractivity contribution in [3.63, 3.8) is 0 Å². The van der Waals surface area contributed by atoms with E-state index in [0.717, 1.165) is 32.2 Å². The molecule has 1 saturated carbocycles. The van der Waals surface area contributed by atoms with Crippen LogP contribution in [0.3, 0.4) is 0 Å². The van der Waals surface area contributed by atoms with Crippen molar-refractivity contribution < 1.29 is 9.18 Å². The number of rotatable bonds is 9. The van der Waals surface area contributed by atoms with Crippen LogP contribution >= 0.6 is 0 Å². The largest absolute Gasteiger partial charge is 0.384 e. The second-order valence-electron chi connectivity index (χ2n) is 8.33. The molecule has 0 saturated heterocycles. The number of nitrogens with one attached hydrogen (secondary N) is 4. The average molecular weight is 449 g/mol.